The minimum Gasteiger partial charge on any atom is -0.390 e. The number of fused-ring (bicyclic) bond motifs is 1. The number of β-amino-alcohol motifs (C(OH)–C–C–N with tert-alkyl or cyclic N) is 1. The molecule has 0 fully saturated rings. The van der Waals surface area contributed by atoms with Crippen molar-refractivity contribution in [2.24, 2.45) is 0 Å². The molecule has 1 aromatic heterocycles. The molecule has 1 aliphatic rings. The van der Waals surface area contributed by atoms with Crippen molar-refractivity contribution in [1.29, 1.82) is 0 Å². The van der Waals surface area contributed by atoms with Crippen LogP contribution in [0.25, 0.3) is 0 Å². The fourth-order valence-electron chi connectivity index (χ4n) is 3.20. The van der Waals surface area contributed by atoms with Crippen molar-refractivity contribution < 1.29 is 9.90 Å². The number of nitrogens with zero attached hydrogens (tertiary/aromatic N) is 3. The van der Waals surface area contributed by atoms with Crippen LogP contribution in [0.2, 0.25) is 0 Å². The first-order chi connectivity index (χ1) is 12.1. The van der Waals surface area contributed by atoms with Gasteiger partial charge >= 0.3 is 0 Å². The van der Waals surface area contributed by atoms with Crippen LogP contribution in [-0.4, -0.2) is 51.4 Å². The van der Waals surface area contributed by atoms with Gasteiger partial charge in [-0.05, 0) is 30.0 Å². The predicted molar refractivity (Wildman–Crippen MR) is 96.0 cm³/mol. The van der Waals surface area contributed by atoms with Crippen LogP contribution in [0.15, 0.2) is 36.7 Å². The number of benzene rings is 1. The van der Waals surface area contributed by atoms with Gasteiger partial charge in [-0.15, -0.1) is 0 Å². The molecule has 3 rings (SSSR count). The fraction of sp³-hybridized carbons (Fsp3) is 0.474. The van der Waals surface area contributed by atoms with Gasteiger partial charge in [-0.2, -0.15) is 5.10 Å². The number of carbonyl (C=O) groups is 1. The van der Waals surface area contributed by atoms with Gasteiger partial charge in [-0.1, -0.05) is 24.3 Å². The number of rotatable bonds is 7. The molecule has 25 heavy (non-hydrogen) atoms. The van der Waals surface area contributed by atoms with E-state index in [1.165, 1.54) is 11.1 Å². The van der Waals surface area contributed by atoms with E-state index in [4.69, 9.17) is 0 Å². The maximum atomic E-state index is 11.9. The average Bonchev–Trinajstić information content (AvgIpc) is 3.03. The van der Waals surface area contributed by atoms with Gasteiger partial charge in [-0.25, -0.2) is 0 Å². The summed E-state index contributed by atoms with van der Waals surface area (Å²) in [6.07, 6.45) is 4.51. The fourth-order valence-corrected chi connectivity index (χ4v) is 3.20. The Morgan fingerprint density at radius 3 is 2.92 bits per heavy atom. The molecular weight excluding hydrogens is 316 g/mol. The lowest BCUT2D eigenvalue weighted by atomic mass is 10.00. The highest BCUT2D eigenvalue weighted by Crippen LogP contribution is 2.18. The third-order valence-corrected chi connectivity index (χ3v) is 4.54. The zero-order valence-electron chi connectivity index (χ0n) is 14.7. The van der Waals surface area contributed by atoms with Gasteiger partial charge in [0.05, 0.1) is 12.3 Å². The van der Waals surface area contributed by atoms with E-state index in [-0.39, 0.29) is 12.5 Å². The summed E-state index contributed by atoms with van der Waals surface area (Å²) >= 11 is 0. The number of hydrogen-bond donors (Lipinski definition) is 2. The molecule has 1 unspecified atom stereocenters. The molecule has 1 aliphatic heterocycles. The van der Waals surface area contributed by atoms with Crippen molar-refractivity contribution in [1.82, 2.24) is 20.0 Å². The van der Waals surface area contributed by atoms with Crippen LogP contribution in [0, 0.1) is 6.92 Å². The zero-order valence-corrected chi connectivity index (χ0v) is 14.7. The smallest absolute Gasteiger partial charge is 0.221 e. The zero-order chi connectivity index (χ0) is 17.6. The number of aliphatic hydroxyl groups is 1. The van der Waals surface area contributed by atoms with Gasteiger partial charge in [0.25, 0.3) is 0 Å². The Morgan fingerprint density at radius 2 is 2.16 bits per heavy atom. The summed E-state index contributed by atoms with van der Waals surface area (Å²) in [5, 5.41) is 17.2. The Morgan fingerprint density at radius 1 is 1.36 bits per heavy atom. The number of amides is 1. The molecule has 2 heterocycles. The Hall–Kier alpha value is -2.18. The molecule has 0 saturated carbocycles. The van der Waals surface area contributed by atoms with Gasteiger partial charge in [0.1, 0.15) is 0 Å². The molecule has 1 amide bonds. The van der Waals surface area contributed by atoms with E-state index in [9.17, 15) is 9.90 Å². The van der Waals surface area contributed by atoms with Crippen molar-refractivity contribution in [2.45, 2.75) is 39.0 Å². The number of aryl methyl sites for hydroxylation is 2. The van der Waals surface area contributed by atoms with E-state index in [1.807, 2.05) is 13.1 Å². The van der Waals surface area contributed by atoms with E-state index in [2.05, 4.69) is 39.6 Å². The summed E-state index contributed by atoms with van der Waals surface area (Å²) in [6, 6.07) is 8.45. The lowest BCUT2D eigenvalue weighted by molar-refractivity contribution is -0.121. The monoisotopic (exact) mass is 342 g/mol. The highest BCUT2D eigenvalue weighted by Gasteiger charge is 2.18. The van der Waals surface area contributed by atoms with Gasteiger partial charge in [0, 0.05) is 45.3 Å². The maximum Gasteiger partial charge on any atom is 0.221 e. The number of nitrogens with one attached hydrogen (secondary N) is 1. The summed E-state index contributed by atoms with van der Waals surface area (Å²) in [7, 11) is 0. The van der Waals surface area contributed by atoms with E-state index >= 15 is 0 Å². The lowest BCUT2D eigenvalue weighted by Gasteiger charge is -2.30. The predicted octanol–water partition coefficient (Wildman–Crippen LogP) is 1.12. The first-order valence-electron chi connectivity index (χ1n) is 8.83. The SMILES string of the molecule is Cc1cnn(CCC(=O)NCC(O)CN2CCc3ccccc3C2)c1. The first kappa shape index (κ1) is 17.6. The van der Waals surface area contributed by atoms with Crippen molar-refractivity contribution in [3.63, 3.8) is 0 Å². The van der Waals surface area contributed by atoms with E-state index in [1.54, 1.807) is 10.9 Å². The van der Waals surface area contributed by atoms with Crippen molar-refractivity contribution in [3.05, 3.63) is 53.3 Å². The molecule has 6 nitrogen and oxygen atoms in total. The highest BCUT2D eigenvalue weighted by atomic mass is 16.3. The van der Waals surface area contributed by atoms with Crippen molar-refractivity contribution in [3.8, 4) is 0 Å². The molecule has 2 N–H and O–H groups in total. The number of aliphatic hydroxyl groups excluding tert-OH is 1. The van der Waals surface area contributed by atoms with Crippen molar-refractivity contribution in [2.75, 3.05) is 19.6 Å². The minimum atomic E-state index is -0.554. The van der Waals surface area contributed by atoms with Crippen LogP contribution >= 0.6 is 0 Å². The molecule has 0 bridgehead atoms. The van der Waals surface area contributed by atoms with Gasteiger partial charge in [0.2, 0.25) is 5.91 Å². The third kappa shape index (κ3) is 5.14. The van der Waals surface area contributed by atoms with E-state index in [0.29, 0.717) is 19.5 Å². The highest BCUT2D eigenvalue weighted by molar-refractivity contribution is 5.75. The molecule has 1 aromatic carbocycles. The summed E-state index contributed by atoms with van der Waals surface area (Å²) in [5.41, 5.74) is 3.81. The molecule has 0 spiro atoms. The molecule has 6 heteroatoms. The van der Waals surface area contributed by atoms with Crippen LogP contribution in [0.3, 0.4) is 0 Å². The summed E-state index contributed by atoms with van der Waals surface area (Å²) in [6.45, 7) is 5.19. The van der Waals surface area contributed by atoms with E-state index in [0.717, 1.165) is 25.1 Å². The van der Waals surface area contributed by atoms with Crippen LogP contribution in [0.4, 0.5) is 0 Å². The van der Waals surface area contributed by atoms with Crippen LogP contribution in [-0.2, 0) is 24.3 Å². The van der Waals surface area contributed by atoms with E-state index < -0.39 is 6.10 Å². The minimum absolute atomic E-state index is 0.0591. The molecule has 0 radical (unpaired) electrons. The molecule has 134 valence electrons. The van der Waals surface area contributed by atoms with Crippen LogP contribution in [0.1, 0.15) is 23.1 Å². The molecular formula is C19H26N4O2. The standard InChI is InChI=1S/C19H26N4O2/c1-15-10-21-23(12-15)9-7-19(25)20-11-18(24)14-22-8-6-16-4-2-3-5-17(16)13-22/h2-5,10,12,18,24H,6-9,11,13-14H2,1H3,(H,20,25). The second-order valence-corrected chi connectivity index (χ2v) is 6.74. The van der Waals surface area contributed by atoms with Gasteiger partial charge < -0.3 is 10.4 Å². The number of hydrogen-bond acceptors (Lipinski definition) is 4. The topological polar surface area (TPSA) is 70.4 Å². The Kier molecular flexibility index (Phi) is 5.83. The summed E-state index contributed by atoms with van der Waals surface area (Å²) in [5.74, 6) is -0.0591. The maximum absolute atomic E-state index is 11.9. The first-order valence-corrected chi connectivity index (χ1v) is 8.83. The summed E-state index contributed by atoms with van der Waals surface area (Å²) < 4.78 is 1.76. The van der Waals surface area contributed by atoms with Crippen LogP contribution in [0.5, 0.6) is 0 Å². The number of aromatic nitrogens is 2. The largest absolute Gasteiger partial charge is 0.390 e. The molecule has 0 saturated heterocycles. The van der Waals surface area contributed by atoms with Crippen molar-refractivity contribution >= 4 is 5.91 Å². The summed E-state index contributed by atoms with van der Waals surface area (Å²) in [4.78, 5) is 14.1. The number of carbonyl (C=O) groups excluding carboxylic acids is 1. The Labute approximate surface area is 148 Å². The second kappa shape index (κ2) is 8.27. The average molecular weight is 342 g/mol. The molecule has 1 atom stereocenters. The van der Waals surface area contributed by atoms with Gasteiger partial charge in [0.15, 0.2) is 0 Å². The van der Waals surface area contributed by atoms with Gasteiger partial charge in [-0.3, -0.25) is 14.4 Å². The quantitative estimate of drug-likeness (QED) is 0.791. The lowest BCUT2D eigenvalue weighted by Crippen LogP contribution is -2.42. The third-order valence-electron chi connectivity index (χ3n) is 4.54. The van der Waals surface area contributed by atoms with Crippen LogP contribution < -0.4 is 5.32 Å². The molecule has 0 aliphatic carbocycles. The Bertz CT molecular complexity index is 713. The Balaban J connectivity index is 1.36. The molecule has 2 aromatic rings. The normalized spacial score (nSPS) is 15.6. The second-order valence-electron chi connectivity index (χ2n) is 6.74.